The van der Waals surface area contributed by atoms with Gasteiger partial charge < -0.3 is 26.2 Å². The molecular weight excluding hydrogens is 424 g/mol. The van der Waals surface area contributed by atoms with Gasteiger partial charge in [0.1, 0.15) is 6.04 Å². The van der Waals surface area contributed by atoms with Crippen molar-refractivity contribution in [2.24, 2.45) is 5.14 Å². The van der Waals surface area contributed by atoms with E-state index in [1.807, 2.05) is 0 Å². The van der Waals surface area contributed by atoms with E-state index < -0.39 is 65.2 Å². The zero-order valence-corrected chi connectivity index (χ0v) is 16.3. The van der Waals surface area contributed by atoms with Crippen molar-refractivity contribution in [3.8, 4) is 0 Å². The van der Waals surface area contributed by atoms with Crippen molar-refractivity contribution in [3.63, 3.8) is 0 Å². The smallest absolute Gasteiger partial charge is 0.326 e. The van der Waals surface area contributed by atoms with Crippen molar-refractivity contribution in [1.29, 1.82) is 0 Å². The fraction of sp³-hybridized carbons (Fsp3) is 0.312. The number of nitrogens with one attached hydrogen (secondary N) is 3. The lowest BCUT2D eigenvalue weighted by Crippen LogP contribution is -2.47. The molecule has 1 aromatic carbocycles. The molecule has 0 unspecified atom stereocenters. The molecule has 0 aliphatic heterocycles. The fourth-order valence-corrected chi connectivity index (χ4v) is 2.59. The minimum atomic E-state index is -3.91. The molecular formula is C16H20N4O9S. The van der Waals surface area contributed by atoms with Gasteiger partial charge in [-0.25, -0.2) is 18.4 Å². The van der Waals surface area contributed by atoms with Gasteiger partial charge >= 0.3 is 11.9 Å². The summed E-state index contributed by atoms with van der Waals surface area (Å²) >= 11 is 0. The Morgan fingerprint density at radius 1 is 0.933 bits per heavy atom. The molecule has 3 amide bonds. The van der Waals surface area contributed by atoms with Gasteiger partial charge in [-0.2, -0.15) is 0 Å². The Labute approximate surface area is 170 Å². The number of carbonyl (C=O) groups excluding carboxylic acids is 3. The summed E-state index contributed by atoms with van der Waals surface area (Å²) in [5.74, 6) is -4.94. The highest BCUT2D eigenvalue weighted by molar-refractivity contribution is 7.89. The number of carbonyl (C=O) groups is 5. The van der Waals surface area contributed by atoms with E-state index in [1.165, 1.54) is 12.1 Å². The Morgan fingerprint density at radius 3 is 2.00 bits per heavy atom. The standard InChI is InChI=1S/C16H20N4O9S/c17-30(28,29)10-3-1-9(2-4-10)15(25)19-7-12(21)18-8-13(22)20-11(16(26)27)5-6-14(23)24/h1-4,11H,5-8H2,(H,18,21)(H,19,25)(H,20,22)(H,23,24)(H,26,27)(H2,17,28,29)/t11-/m0/s1. The maximum atomic E-state index is 11.9. The first-order valence-corrected chi connectivity index (χ1v) is 9.86. The molecule has 1 aromatic rings. The van der Waals surface area contributed by atoms with Gasteiger partial charge in [-0.15, -0.1) is 0 Å². The summed E-state index contributed by atoms with van der Waals surface area (Å²) in [7, 11) is -3.91. The molecule has 0 spiro atoms. The average molecular weight is 444 g/mol. The van der Waals surface area contributed by atoms with Crippen LogP contribution in [0.25, 0.3) is 0 Å². The largest absolute Gasteiger partial charge is 0.481 e. The molecule has 0 fully saturated rings. The number of hydrogen-bond donors (Lipinski definition) is 6. The average Bonchev–Trinajstić information content (AvgIpc) is 2.66. The van der Waals surface area contributed by atoms with Gasteiger partial charge in [0.25, 0.3) is 5.91 Å². The van der Waals surface area contributed by atoms with Gasteiger partial charge in [-0.3, -0.25) is 19.2 Å². The maximum absolute atomic E-state index is 11.9. The first-order valence-electron chi connectivity index (χ1n) is 8.32. The number of nitrogens with two attached hydrogens (primary N) is 1. The number of amides is 3. The van der Waals surface area contributed by atoms with Gasteiger partial charge in [0, 0.05) is 12.0 Å². The van der Waals surface area contributed by atoms with Crippen LogP contribution in [0.5, 0.6) is 0 Å². The number of rotatable bonds is 11. The number of carboxylic acid groups (broad SMARTS) is 2. The molecule has 164 valence electrons. The number of sulfonamides is 1. The van der Waals surface area contributed by atoms with E-state index in [-0.39, 0.29) is 16.9 Å². The van der Waals surface area contributed by atoms with Crippen LogP contribution in [0.1, 0.15) is 23.2 Å². The predicted molar refractivity (Wildman–Crippen MR) is 99.6 cm³/mol. The molecule has 0 aromatic heterocycles. The molecule has 1 rings (SSSR count). The van der Waals surface area contributed by atoms with E-state index in [9.17, 15) is 32.4 Å². The molecule has 30 heavy (non-hydrogen) atoms. The van der Waals surface area contributed by atoms with E-state index in [1.54, 1.807) is 0 Å². The van der Waals surface area contributed by atoms with Gasteiger partial charge in [-0.1, -0.05) is 0 Å². The second-order valence-electron chi connectivity index (χ2n) is 5.92. The van der Waals surface area contributed by atoms with Crippen molar-refractivity contribution in [2.75, 3.05) is 13.1 Å². The normalized spacial score (nSPS) is 11.8. The molecule has 7 N–H and O–H groups in total. The van der Waals surface area contributed by atoms with E-state index in [0.29, 0.717) is 0 Å². The minimum Gasteiger partial charge on any atom is -0.481 e. The Kier molecular flexibility index (Phi) is 8.88. The first-order chi connectivity index (χ1) is 13.9. The Balaban J connectivity index is 2.45. The number of hydrogen-bond acceptors (Lipinski definition) is 7. The third-order valence-electron chi connectivity index (χ3n) is 3.58. The molecule has 0 saturated heterocycles. The Hall–Kier alpha value is -3.52. The number of carboxylic acids is 2. The lowest BCUT2D eigenvalue weighted by atomic mass is 10.1. The molecule has 0 heterocycles. The van der Waals surface area contributed by atoms with Crippen LogP contribution >= 0.6 is 0 Å². The molecule has 0 saturated carbocycles. The fourth-order valence-electron chi connectivity index (χ4n) is 2.07. The summed E-state index contributed by atoms with van der Waals surface area (Å²) in [5, 5.41) is 28.9. The zero-order chi connectivity index (χ0) is 22.9. The monoisotopic (exact) mass is 444 g/mol. The van der Waals surface area contributed by atoms with Crippen LogP contribution in [-0.2, 0) is 29.2 Å². The molecule has 14 heteroatoms. The number of aliphatic carboxylic acids is 2. The van der Waals surface area contributed by atoms with Crippen molar-refractivity contribution < 1.29 is 42.6 Å². The zero-order valence-electron chi connectivity index (χ0n) is 15.5. The van der Waals surface area contributed by atoms with Gasteiger partial charge in [-0.05, 0) is 30.7 Å². The van der Waals surface area contributed by atoms with Gasteiger partial charge in [0.15, 0.2) is 0 Å². The van der Waals surface area contributed by atoms with Gasteiger partial charge in [0.2, 0.25) is 21.8 Å². The molecule has 1 atom stereocenters. The van der Waals surface area contributed by atoms with E-state index in [0.717, 1.165) is 12.1 Å². The van der Waals surface area contributed by atoms with Crippen LogP contribution in [0.3, 0.4) is 0 Å². The SMILES string of the molecule is NS(=O)(=O)c1ccc(C(=O)NCC(=O)NCC(=O)N[C@@H](CCC(=O)O)C(=O)O)cc1. The number of benzene rings is 1. The summed E-state index contributed by atoms with van der Waals surface area (Å²) in [5.41, 5.74) is 0.0654. The second-order valence-corrected chi connectivity index (χ2v) is 7.48. The van der Waals surface area contributed by atoms with Crippen LogP contribution in [0.15, 0.2) is 29.2 Å². The van der Waals surface area contributed by atoms with Crippen LogP contribution in [0.4, 0.5) is 0 Å². The van der Waals surface area contributed by atoms with Crippen LogP contribution in [0.2, 0.25) is 0 Å². The highest BCUT2D eigenvalue weighted by Gasteiger charge is 2.21. The van der Waals surface area contributed by atoms with E-state index in [2.05, 4.69) is 16.0 Å². The van der Waals surface area contributed by atoms with Crippen molar-refractivity contribution >= 4 is 39.7 Å². The third kappa shape index (κ3) is 8.66. The van der Waals surface area contributed by atoms with E-state index >= 15 is 0 Å². The maximum Gasteiger partial charge on any atom is 0.326 e. The quantitative estimate of drug-likeness (QED) is 0.214. The molecule has 0 bridgehead atoms. The summed E-state index contributed by atoms with van der Waals surface area (Å²) < 4.78 is 22.3. The van der Waals surface area contributed by atoms with Crippen molar-refractivity contribution in [2.45, 2.75) is 23.8 Å². The molecule has 0 aliphatic rings. The summed E-state index contributed by atoms with van der Waals surface area (Å²) in [6, 6.07) is 3.22. The van der Waals surface area contributed by atoms with Crippen molar-refractivity contribution in [3.05, 3.63) is 29.8 Å². The second kappa shape index (κ2) is 10.9. The van der Waals surface area contributed by atoms with Crippen LogP contribution in [-0.4, -0.2) is 67.4 Å². The van der Waals surface area contributed by atoms with Crippen molar-refractivity contribution in [1.82, 2.24) is 16.0 Å². The Morgan fingerprint density at radius 2 is 1.50 bits per heavy atom. The van der Waals surface area contributed by atoms with Crippen LogP contribution < -0.4 is 21.1 Å². The number of primary sulfonamides is 1. The molecule has 13 nitrogen and oxygen atoms in total. The highest BCUT2D eigenvalue weighted by atomic mass is 32.2. The summed E-state index contributed by atoms with van der Waals surface area (Å²) in [6.07, 6.45) is -0.793. The molecule has 0 radical (unpaired) electrons. The van der Waals surface area contributed by atoms with E-state index in [4.69, 9.17) is 15.4 Å². The minimum absolute atomic E-state index is 0.0654. The predicted octanol–water partition coefficient (Wildman–Crippen LogP) is -2.39. The van der Waals surface area contributed by atoms with Crippen LogP contribution in [0, 0.1) is 0 Å². The van der Waals surface area contributed by atoms with Gasteiger partial charge in [0.05, 0.1) is 18.0 Å². The third-order valence-corrected chi connectivity index (χ3v) is 4.51. The topological polar surface area (TPSA) is 222 Å². The summed E-state index contributed by atoms with van der Waals surface area (Å²) in [6.45, 7) is -1.10. The summed E-state index contributed by atoms with van der Waals surface area (Å²) in [4.78, 5) is 56.6. The first kappa shape index (κ1) is 24.5. The lowest BCUT2D eigenvalue weighted by molar-refractivity contribution is -0.142. The Bertz CT molecular complexity index is 929. The lowest BCUT2D eigenvalue weighted by Gasteiger charge is -2.14. The highest BCUT2D eigenvalue weighted by Crippen LogP contribution is 2.08. The molecule has 0 aliphatic carbocycles.